The summed E-state index contributed by atoms with van der Waals surface area (Å²) in [5, 5.41) is 10.6. The molecule has 26 heavy (non-hydrogen) atoms. The Labute approximate surface area is 156 Å². The molecule has 0 bridgehead atoms. The highest BCUT2D eigenvalue weighted by Gasteiger charge is 2.27. The molecular weight excluding hydrogens is 324 g/mol. The number of H-pyrrole nitrogens is 1. The molecule has 1 aliphatic rings. The van der Waals surface area contributed by atoms with E-state index in [0.717, 1.165) is 55.0 Å². The van der Waals surface area contributed by atoms with Crippen molar-refractivity contribution in [1.29, 1.82) is 0 Å². The third kappa shape index (κ3) is 4.26. The van der Waals surface area contributed by atoms with Gasteiger partial charge in [-0.25, -0.2) is 0 Å². The van der Waals surface area contributed by atoms with Gasteiger partial charge in [0, 0.05) is 48.7 Å². The van der Waals surface area contributed by atoms with Gasteiger partial charge in [0.25, 0.3) is 5.91 Å². The second-order valence-electron chi connectivity index (χ2n) is 8.49. The average molecular weight is 354 g/mol. The summed E-state index contributed by atoms with van der Waals surface area (Å²) in [4.78, 5) is 15.2. The first-order chi connectivity index (χ1) is 12.3. The van der Waals surface area contributed by atoms with Crippen molar-refractivity contribution in [2.24, 2.45) is 5.41 Å². The van der Waals surface area contributed by atoms with Gasteiger partial charge in [0.2, 0.25) is 0 Å². The number of rotatable bonds is 4. The molecule has 1 aliphatic heterocycles. The number of aromatic nitrogens is 2. The lowest BCUT2D eigenvalue weighted by molar-refractivity contribution is 0.0705. The van der Waals surface area contributed by atoms with Crippen molar-refractivity contribution in [3.63, 3.8) is 0 Å². The fourth-order valence-electron chi connectivity index (χ4n) is 3.50. The Morgan fingerprint density at radius 1 is 1.35 bits per heavy atom. The highest BCUT2D eigenvalue weighted by molar-refractivity contribution is 5.97. The predicted octanol–water partition coefficient (Wildman–Crippen LogP) is 4.20. The number of anilines is 1. The molecule has 1 saturated heterocycles. The third-order valence-electron chi connectivity index (χ3n) is 5.04. The molecule has 1 amide bonds. The van der Waals surface area contributed by atoms with Gasteiger partial charge in [-0.1, -0.05) is 26.8 Å². The standard InChI is InChI=1S/C21H30N4O/c1-15-17(8-5-9-18(15)22-14-21(2,3)4)20(26)25-12-6-7-16(13-25)19-10-11-23-24-19/h5,8-11,16,22H,6-7,12-14H2,1-4H3,(H,23,24). The number of nitrogens with zero attached hydrogens (tertiary/aromatic N) is 2. The number of nitrogens with one attached hydrogen (secondary N) is 2. The minimum Gasteiger partial charge on any atom is -0.384 e. The molecule has 0 saturated carbocycles. The van der Waals surface area contributed by atoms with E-state index in [4.69, 9.17) is 0 Å². The predicted molar refractivity (Wildman–Crippen MR) is 106 cm³/mol. The summed E-state index contributed by atoms with van der Waals surface area (Å²) in [6.45, 7) is 11.1. The molecule has 140 valence electrons. The van der Waals surface area contributed by atoms with E-state index >= 15 is 0 Å². The monoisotopic (exact) mass is 354 g/mol. The van der Waals surface area contributed by atoms with E-state index in [2.05, 4.69) is 42.4 Å². The largest absolute Gasteiger partial charge is 0.384 e. The fourth-order valence-corrected chi connectivity index (χ4v) is 3.50. The molecule has 1 aromatic carbocycles. The van der Waals surface area contributed by atoms with Gasteiger partial charge in [0.1, 0.15) is 0 Å². The number of likely N-dealkylation sites (tertiary alicyclic amines) is 1. The van der Waals surface area contributed by atoms with Crippen molar-refractivity contribution in [2.75, 3.05) is 25.0 Å². The normalized spacial score (nSPS) is 18.0. The third-order valence-corrected chi connectivity index (χ3v) is 5.04. The van der Waals surface area contributed by atoms with Crippen molar-refractivity contribution in [3.8, 4) is 0 Å². The minimum absolute atomic E-state index is 0.131. The van der Waals surface area contributed by atoms with Crippen LogP contribution in [0.4, 0.5) is 5.69 Å². The molecule has 5 nitrogen and oxygen atoms in total. The van der Waals surface area contributed by atoms with Gasteiger partial charge in [-0.3, -0.25) is 9.89 Å². The van der Waals surface area contributed by atoms with Crippen LogP contribution in [-0.2, 0) is 0 Å². The minimum atomic E-state index is 0.131. The fraction of sp³-hybridized carbons (Fsp3) is 0.524. The number of hydrogen-bond donors (Lipinski definition) is 2. The smallest absolute Gasteiger partial charge is 0.254 e. The van der Waals surface area contributed by atoms with Crippen LogP contribution >= 0.6 is 0 Å². The summed E-state index contributed by atoms with van der Waals surface area (Å²) in [6.07, 6.45) is 3.90. The molecule has 0 spiro atoms. The van der Waals surface area contributed by atoms with E-state index in [1.54, 1.807) is 6.20 Å². The maximum absolute atomic E-state index is 13.2. The van der Waals surface area contributed by atoms with Crippen LogP contribution in [0.15, 0.2) is 30.5 Å². The van der Waals surface area contributed by atoms with Crippen molar-refractivity contribution >= 4 is 11.6 Å². The lowest BCUT2D eigenvalue weighted by atomic mass is 9.93. The van der Waals surface area contributed by atoms with Crippen molar-refractivity contribution in [3.05, 3.63) is 47.3 Å². The first-order valence-corrected chi connectivity index (χ1v) is 9.47. The lowest BCUT2D eigenvalue weighted by Crippen LogP contribution is -2.39. The van der Waals surface area contributed by atoms with E-state index in [0.29, 0.717) is 5.92 Å². The second-order valence-corrected chi connectivity index (χ2v) is 8.49. The first-order valence-electron chi connectivity index (χ1n) is 9.47. The highest BCUT2D eigenvalue weighted by Crippen LogP contribution is 2.28. The number of carbonyl (C=O) groups is 1. The zero-order valence-electron chi connectivity index (χ0n) is 16.3. The van der Waals surface area contributed by atoms with Crippen molar-refractivity contribution in [1.82, 2.24) is 15.1 Å². The molecule has 0 radical (unpaired) electrons. The highest BCUT2D eigenvalue weighted by atomic mass is 16.2. The van der Waals surface area contributed by atoms with Crippen LogP contribution in [0.1, 0.15) is 61.1 Å². The zero-order valence-corrected chi connectivity index (χ0v) is 16.3. The second kappa shape index (κ2) is 7.52. The summed E-state index contributed by atoms with van der Waals surface area (Å²) >= 11 is 0. The van der Waals surface area contributed by atoms with E-state index in [1.165, 1.54) is 0 Å². The molecule has 2 aromatic rings. The average Bonchev–Trinajstić information content (AvgIpc) is 3.14. The Morgan fingerprint density at radius 3 is 2.85 bits per heavy atom. The van der Waals surface area contributed by atoms with Gasteiger partial charge >= 0.3 is 0 Å². The van der Waals surface area contributed by atoms with E-state index in [9.17, 15) is 4.79 Å². The zero-order chi connectivity index (χ0) is 18.7. The maximum atomic E-state index is 13.2. The Hall–Kier alpha value is -2.30. The number of amides is 1. The number of piperidine rings is 1. The van der Waals surface area contributed by atoms with E-state index in [-0.39, 0.29) is 11.3 Å². The molecule has 2 N–H and O–H groups in total. The topological polar surface area (TPSA) is 61.0 Å². The number of aromatic amines is 1. The molecule has 1 unspecified atom stereocenters. The lowest BCUT2D eigenvalue weighted by Gasteiger charge is -2.33. The van der Waals surface area contributed by atoms with Gasteiger partial charge in [-0.2, -0.15) is 5.10 Å². The van der Waals surface area contributed by atoms with Crippen molar-refractivity contribution in [2.45, 2.75) is 46.5 Å². The van der Waals surface area contributed by atoms with Crippen LogP contribution in [0.2, 0.25) is 0 Å². The summed E-state index contributed by atoms with van der Waals surface area (Å²) in [5.74, 6) is 0.476. The van der Waals surface area contributed by atoms with Crippen LogP contribution in [0, 0.1) is 12.3 Å². The van der Waals surface area contributed by atoms with Gasteiger partial charge in [-0.15, -0.1) is 0 Å². The molecule has 0 aliphatic carbocycles. The number of hydrogen-bond acceptors (Lipinski definition) is 3. The van der Waals surface area contributed by atoms with Gasteiger partial charge in [0.05, 0.1) is 0 Å². The molecule has 2 heterocycles. The molecule has 3 rings (SSSR count). The van der Waals surface area contributed by atoms with E-state index in [1.807, 2.05) is 30.0 Å². The van der Waals surface area contributed by atoms with Crippen molar-refractivity contribution < 1.29 is 4.79 Å². The summed E-state index contributed by atoms with van der Waals surface area (Å²) in [7, 11) is 0. The molecule has 5 heteroatoms. The summed E-state index contributed by atoms with van der Waals surface area (Å²) < 4.78 is 0. The quantitative estimate of drug-likeness (QED) is 0.865. The van der Waals surface area contributed by atoms with Gasteiger partial charge in [-0.05, 0) is 48.9 Å². The number of carbonyl (C=O) groups excluding carboxylic acids is 1. The van der Waals surface area contributed by atoms with Crippen LogP contribution in [0.5, 0.6) is 0 Å². The molecular formula is C21H30N4O. The Kier molecular flexibility index (Phi) is 5.35. The van der Waals surface area contributed by atoms with Gasteiger partial charge < -0.3 is 10.2 Å². The summed E-state index contributed by atoms with van der Waals surface area (Å²) in [6, 6.07) is 7.99. The van der Waals surface area contributed by atoms with E-state index < -0.39 is 0 Å². The van der Waals surface area contributed by atoms with Crippen LogP contribution in [-0.4, -0.2) is 40.6 Å². The summed E-state index contributed by atoms with van der Waals surface area (Å²) in [5.41, 5.74) is 4.20. The first kappa shape index (κ1) is 18.5. The van der Waals surface area contributed by atoms with Crippen LogP contribution < -0.4 is 5.32 Å². The Bertz CT molecular complexity index is 746. The Morgan fingerprint density at radius 2 is 2.15 bits per heavy atom. The Balaban J connectivity index is 1.75. The SMILES string of the molecule is Cc1c(NCC(C)(C)C)cccc1C(=O)N1CCCC(c2ccn[nH]2)C1. The molecule has 1 atom stereocenters. The maximum Gasteiger partial charge on any atom is 0.254 e. The van der Waals surface area contributed by atoms with Gasteiger partial charge in [0.15, 0.2) is 0 Å². The number of benzene rings is 1. The van der Waals surface area contributed by atoms with Crippen LogP contribution in [0.3, 0.4) is 0 Å². The van der Waals surface area contributed by atoms with Crippen LogP contribution in [0.25, 0.3) is 0 Å². The molecule has 1 aromatic heterocycles. The molecule has 1 fully saturated rings.